The van der Waals surface area contributed by atoms with Crippen molar-refractivity contribution in [2.24, 2.45) is 0 Å². The monoisotopic (exact) mass is 374 g/mol. The number of benzene rings is 1. The van der Waals surface area contributed by atoms with E-state index in [9.17, 15) is 9.59 Å². The fourth-order valence-electron chi connectivity index (χ4n) is 2.02. The number of anilines is 1. The second kappa shape index (κ2) is 7.91. The maximum Gasteiger partial charge on any atom is 0.317 e. The van der Waals surface area contributed by atoms with Crippen LogP contribution in [-0.4, -0.2) is 24.0 Å². The van der Waals surface area contributed by atoms with Gasteiger partial charge in [0.1, 0.15) is 0 Å². The van der Waals surface area contributed by atoms with Crippen LogP contribution in [-0.2, 0) is 11.2 Å². The van der Waals surface area contributed by atoms with E-state index in [2.05, 4.69) is 10.3 Å². The Bertz CT molecular complexity index is 874. The third-order valence-electron chi connectivity index (χ3n) is 3.14. The molecule has 1 N–H and O–H groups in total. The van der Waals surface area contributed by atoms with Crippen LogP contribution in [0.1, 0.15) is 15.4 Å². The highest BCUT2D eigenvalue weighted by Gasteiger charge is 2.14. The highest BCUT2D eigenvalue weighted by Crippen LogP contribution is 2.26. The first-order valence-electron chi connectivity index (χ1n) is 7.28. The molecule has 3 rings (SSSR count). The maximum absolute atomic E-state index is 12.1. The molecule has 25 heavy (non-hydrogen) atoms. The number of carbonyl (C=O) groups is 2. The molecule has 1 aromatic carbocycles. The fraction of sp³-hybridized carbons (Fsp3) is 0.118. The number of nitrogens with one attached hydrogen (secondary N) is 1. The van der Waals surface area contributed by atoms with Crippen molar-refractivity contribution in [2.75, 3.05) is 12.4 Å². The van der Waals surface area contributed by atoms with E-state index in [-0.39, 0.29) is 12.3 Å². The minimum absolute atomic E-state index is 0.00339. The molecule has 0 unspecified atom stereocenters. The first-order valence-corrected chi connectivity index (χ1v) is 9.04. The van der Waals surface area contributed by atoms with Crippen molar-refractivity contribution < 1.29 is 19.1 Å². The predicted molar refractivity (Wildman–Crippen MR) is 96.7 cm³/mol. The summed E-state index contributed by atoms with van der Waals surface area (Å²) in [7, 11) is 1.51. The van der Waals surface area contributed by atoms with Crippen LogP contribution >= 0.6 is 22.7 Å². The van der Waals surface area contributed by atoms with Gasteiger partial charge in [-0.25, -0.2) is 4.98 Å². The Morgan fingerprint density at radius 2 is 1.92 bits per heavy atom. The number of thiazole rings is 1. The average molecular weight is 374 g/mol. The molecule has 0 aliphatic carbocycles. The Balaban J connectivity index is 1.59. The van der Waals surface area contributed by atoms with Crippen LogP contribution in [0.25, 0.3) is 0 Å². The number of aromatic nitrogens is 1. The lowest BCUT2D eigenvalue weighted by Crippen LogP contribution is -2.13. The lowest BCUT2D eigenvalue weighted by molar-refractivity contribution is -0.133. The van der Waals surface area contributed by atoms with E-state index in [0.717, 1.165) is 0 Å². The van der Waals surface area contributed by atoms with Gasteiger partial charge in [0, 0.05) is 5.38 Å². The van der Waals surface area contributed by atoms with Gasteiger partial charge in [-0.05, 0) is 23.6 Å². The number of esters is 1. The van der Waals surface area contributed by atoms with Crippen LogP contribution in [0.4, 0.5) is 5.13 Å². The largest absolute Gasteiger partial charge is 0.493 e. The summed E-state index contributed by atoms with van der Waals surface area (Å²) in [6, 6.07) is 10.5. The summed E-state index contributed by atoms with van der Waals surface area (Å²) < 4.78 is 10.4. The number of thiophene rings is 1. The van der Waals surface area contributed by atoms with Crippen molar-refractivity contribution in [1.29, 1.82) is 0 Å². The summed E-state index contributed by atoms with van der Waals surface area (Å²) in [5.41, 5.74) is 0.534. The molecule has 0 atom stereocenters. The van der Waals surface area contributed by atoms with E-state index >= 15 is 0 Å². The lowest BCUT2D eigenvalue weighted by Gasteiger charge is -2.07. The quantitative estimate of drug-likeness (QED) is 0.527. The Hall–Kier alpha value is -2.71. The van der Waals surface area contributed by atoms with Gasteiger partial charge in [0.05, 0.1) is 24.1 Å². The Morgan fingerprint density at radius 1 is 1.12 bits per heavy atom. The molecular formula is C17H14N2O4S2. The van der Waals surface area contributed by atoms with E-state index in [1.807, 2.05) is 5.38 Å². The highest BCUT2D eigenvalue weighted by atomic mass is 32.1. The van der Waals surface area contributed by atoms with Gasteiger partial charge in [0.15, 0.2) is 16.6 Å². The van der Waals surface area contributed by atoms with Crippen molar-refractivity contribution in [1.82, 2.24) is 4.98 Å². The SMILES string of the molecule is COc1ccccc1OC(=O)Cc1csc(NC(=O)c2cccs2)n1. The predicted octanol–water partition coefficient (Wildman–Crippen LogP) is 3.61. The zero-order valence-corrected chi connectivity index (χ0v) is 14.9. The van der Waals surface area contributed by atoms with Crippen LogP contribution in [0.2, 0.25) is 0 Å². The van der Waals surface area contributed by atoms with Gasteiger partial charge in [-0.2, -0.15) is 0 Å². The molecule has 0 bridgehead atoms. The fourth-order valence-corrected chi connectivity index (χ4v) is 3.35. The number of nitrogens with zero attached hydrogens (tertiary/aromatic N) is 1. The van der Waals surface area contributed by atoms with E-state index in [1.165, 1.54) is 29.8 Å². The molecule has 0 saturated carbocycles. The van der Waals surface area contributed by atoms with Gasteiger partial charge >= 0.3 is 5.97 Å². The van der Waals surface area contributed by atoms with Gasteiger partial charge in [-0.1, -0.05) is 18.2 Å². The first kappa shape index (κ1) is 17.1. The summed E-state index contributed by atoms with van der Waals surface area (Å²) >= 11 is 2.61. The van der Waals surface area contributed by atoms with Crippen molar-refractivity contribution >= 4 is 39.7 Å². The van der Waals surface area contributed by atoms with E-state index in [0.29, 0.717) is 27.2 Å². The van der Waals surface area contributed by atoms with E-state index < -0.39 is 5.97 Å². The number of carbonyl (C=O) groups excluding carboxylic acids is 2. The van der Waals surface area contributed by atoms with Gasteiger partial charge < -0.3 is 9.47 Å². The minimum atomic E-state index is -0.453. The topological polar surface area (TPSA) is 77.5 Å². The molecule has 6 nitrogen and oxygen atoms in total. The first-order chi connectivity index (χ1) is 12.2. The lowest BCUT2D eigenvalue weighted by atomic mass is 10.3. The van der Waals surface area contributed by atoms with Crippen molar-refractivity contribution in [3.05, 3.63) is 57.7 Å². The zero-order chi connectivity index (χ0) is 17.6. The third-order valence-corrected chi connectivity index (χ3v) is 4.81. The molecule has 3 aromatic rings. The number of amides is 1. The van der Waals surface area contributed by atoms with Gasteiger partial charge in [-0.15, -0.1) is 22.7 Å². The van der Waals surface area contributed by atoms with Gasteiger partial charge in [0.2, 0.25) is 0 Å². The highest BCUT2D eigenvalue weighted by molar-refractivity contribution is 7.14. The number of hydrogen-bond acceptors (Lipinski definition) is 7. The van der Waals surface area contributed by atoms with Crippen LogP contribution < -0.4 is 14.8 Å². The van der Waals surface area contributed by atoms with Gasteiger partial charge in [0.25, 0.3) is 5.91 Å². The summed E-state index contributed by atoms with van der Waals surface area (Å²) in [5, 5.41) is 6.70. The smallest absolute Gasteiger partial charge is 0.317 e. The normalized spacial score (nSPS) is 10.3. The van der Waals surface area contributed by atoms with Crippen LogP contribution in [0, 0.1) is 0 Å². The van der Waals surface area contributed by atoms with Crippen molar-refractivity contribution in [3.63, 3.8) is 0 Å². The molecule has 0 radical (unpaired) electrons. The van der Waals surface area contributed by atoms with Crippen LogP contribution in [0.15, 0.2) is 47.2 Å². The maximum atomic E-state index is 12.1. The number of rotatable bonds is 6. The van der Waals surface area contributed by atoms with Crippen molar-refractivity contribution in [3.8, 4) is 11.5 Å². The zero-order valence-electron chi connectivity index (χ0n) is 13.2. The second-order valence-electron chi connectivity index (χ2n) is 4.88. The second-order valence-corrected chi connectivity index (χ2v) is 6.68. The molecule has 0 spiro atoms. The van der Waals surface area contributed by atoms with E-state index in [1.54, 1.807) is 41.8 Å². The Kier molecular flexibility index (Phi) is 5.42. The van der Waals surface area contributed by atoms with E-state index in [4.69, 9.17) is 9.47 Å². The molecule has 2 aromatic heterocycles. The summed E-state index contributed by atoms with van der Waals surface area (Å²) in [4.78, 5) is 28.9. The molecule has 2 heterocycles. The number of ether oxygens (including phenoxy) is 2. The summed E-state index contributed by atoms with van der Waals surface area (Å²) in [5.74, 6) is 0.174. The number of hydrogen-bond donors (Lipinski definition) is 1. The molecular weight excluding hydrogens is 360 g/mol. The van der Waals surface area contributed by atoms with Crippen LogP contribution in [0.5, 0.6) is 11.5 Å². The van der Waals surface area contributed by atoms with Gasteiger partial charge in [-0.3, -0.25) is 14.9 Å². The standard InChI is InChI=1S/C17H14N2O4S2/c1-22-12-5-2-3-6-13(12)23-15(20)9-11-10-25-17(18-11)19-16(21)14-7-4-8-24-14/h2-8,10H,9H2,1H3,(H,18,19,21). The third kappa shape index (κ3) is 4.43. The van der Waals surface area contributed by atoms with Crippen molar-refractivity contribution in [2.45, 2.75) is 6.42 Å². The molecule has 0 fully saturated rings. The molecule has 0 saturated heterocycles. The molecule has 128 valence electrons. The molecule has 0 aliphatic heterocycles. The Labute approximate surface area is 152 Å². The number of para-hydroxylation sites is 2. The molecule has 8 heteroatoms. The average Bonchev–Trinajstić information content (AvgIpc) is 3.27. The minimum Gasteiger partial charge on any atom is -0.493 e. The molecule has 1 amide bonds. The molecule has 0 aliphatic rings. The summed E-state index contributed by atoms with van der Waals surface area (Å²) in [6.45, 7) is 0. The summed E-state index contributed by atoms with van der Waals surface area (Å²) in [6.07, 6.45) is 0.00339. The Morgan fingerprint density at radius 3 is 2.64 bits per heavy atom. The number of methoxy groups -OCH3 is 1. The van der Waals surface area contributed by atoms with Crippen LogP contribution in [0.3, 0.4) is 0 Å².